The Morgan fingerprint density at radius 1 is 1.23 bits per heavy atom. The molecule has 4 rings (SSSR count). The minimum absolute atomic E-state index is 0.0431. The SMILES string of the molecule is CCC1=NC(c2ccc(NC(=O)N3CCN(c4ncccc4Cl)C[C@H]3C)cc2)C=C1. The summed E-state index contributed by atoms with van der Waals surface area (Å²) in [6, 6.07) is 11.6. The number of urea groups is 1. The minimum Gasteiger partial charge on any atom is -0.352 e. The Hall–Kier alpha value is -2.86. The van der Waals surface area contributed by atoms with E-state index in [9.17, 15) is 4.79 Å². The first-order chi connectivity index (χ1) is 14.5. The predicted octanol–water partition coefficient (Wildman–Crippen LogP) is 4.94. The van der Waals surface area contributed by atoms with Gasteiger partial charge in [-0.3, -0.25) is 4.99 Å². The van der Waals surface area contributed by atoms with E-state index in [4.69, 9.17) is 11.6 Å². The summed E-state index contributed by atoms with van der Waals surface area (Å²) in [5.41, 5.74) is 3.03. The lowest BCUT2D eigenvalue weighted by atomic mass is 10.1. The minimum atomic E-state index is -0.0888. The number of nitrogens with one attached hydrogen (secondary N) is 1. The molecule has 7 heteroatoms. The molecule has 0 spiro atoms. The van der Waals surface area contributed by atoms with Gasteiger partial charge in [0.05, 0.1) is 11.1 Å². The summed E-state index contributed by atoms with van der Waals surface area (Å²) in [6.07, 6.45) is 6.88. The lowest BCUT2D eigenvalue weighted by Gasteiger charge is -2.40. The van der Waals surface area contributed by atoms with Gasteiger partial charge < -0.3 is 15.1 Å². The number of rotatable bonds is 4. The van der Waals surface area contributed by atoms with E-state index in [2.05, 4.69) is 39.3 Å². The summed E-state index contributed by atoms with van der Waals surface area (Å²) in [5, 5.41) is 3.65. The lowest BCUT2D eigenvalue weighted by Crippen LogP contribution is -2.55. The number of benzene rings is 1. The molecule has 1 N–H and O–H groups in total. The maximum absolute atomic E-state index is 12.8. The molecule has 2 aromatic rings. The Morgan fingerprint density at radius 3 is 2.70 bits per heavy atom. The van der Waals surface area contributed by atoms with Gasteiger partial charge in [-0.2, -0.15) is 0 Å². The van der Waals surface area contributed by atoms with Gasteiger partial charge in [0.15, 0.2) is 0 Å². The maximum Gasteiger partial charge on any atom is 0.322 e. The zero-order chi connectivity index (χ0) is 21.1. The van der Waals surface area contributed by atoms with Crippen molar-refractivity contribution in [3.8, 4) is 0 Å². The second kappa shape index (κ2) is 8.88. The van der Waals surface area contributed by atoms with Crippen molar-refractivity contribution in [2.45, 2.75) is 32.4 Å². The summed E-state index contributed by atoms with van der Waals surface area (Å²) in [4.78, 5) is 25.9. The summed E-state index contributed by atoms with van der Waals surface area (Å²) in [7, 11) is 0. The van der Waals surface area contributed by atoms with E-state index in [-0.39, 0.29) is 18.1 Å². The number of nitrogens with zero attached hydrogens (tertiary/aromatic N) is 4. The van der Waals surface area contributed by atoms with Crippen LogP contribution < -0.4 is 10.2 Å². The van der Waals surface area contributed by atoms with Crippen molar-refractivity contribution in [2.24, 2.45) is 4.99 Å². The molecule has 1 aromatic heterocycles. The van der Waals surface area contributed by atoms with Crippen molar-refractivity contribution in [1.29, 1.82) is 0 Å². The van der Waals surface area contributed by atoms with E-state index in [0.29, 0.717) is 24.7 Å². The van der Waals surface area contributed by atoms with Gasteiger partial charge in [-0.25, -0.2) is 9.78 Å². The van der Waals surface area contributed by atoms with E-state index >= 15 is 0 Å². The molecule has 2 aliphatic rings. The molecule has 2 atom stereocenters. The monoisotopic (exact) mass is 423 g/mol. The van der Waals surface area contributed by atoms with Crippen molar-refractivity contribution in [3.05, 3.63) is 65.3 Å². The van der Waals surface area contributed by atoms with E-state index in [1.54, 1.807) is 6.20 Å². The number of allylic oxidation sites excluding steroid dienone is 1. The van der Waals surface area contributed by atoms with Gasteiger partial charge in [-0.15, -0.1) is 0 Å². The van der Waals surface area contributed by atoms with Crippen LogP contribution in [-0.4, -0.2) is 47.3 Å². The zero-order valence-corrected chi connectivity index (χ0v) is 18.0. The van der Waals surface area contributed by atoms with E-state index < -0.39 is 0 Å². The molecule has 3 heterocycles. The van der Waals surface area contributed by atoms with Crippen LogP contribution in [0.2, 0.25) is 5.02 Å². The molecule has 1 unspecified atom stereocenters. The summed E-state index contributed by atoms with van der Waals surface area (Å²) < 4.78 is 0. The molecule has 0 saturated carbocycles. The van der Waals surface area contributed by atoms with Crippen LogP contribution >= 0.6 is 11.6 Å². The van der Waals surface area contributed by atoms with Gasteiger partial charge in [0.1, 0.15) is 5.82 Å². The highest BCUT2D eigenvalue weighted by Crippen LogP contribution is 2.27. The van der Waals surface area contributed by atoms with Gasteiger partial charge in [0.2, 0.25) is 0 Å². The number of hydrogen-bond acceptors (Lipinski definition) is 4. The smallest absolute Gasteiger partial charge is 0.322 e. The third kappa shape index (κ3) is 4.33. The number of anilines is 2. The summed E-state index contributed by atoms with van der Waals surface area (Å²) in [6.45, 7) is 6.14. The topological polar surface area (TPSA) is 60.8 Å². The van der Waals surface area contributed by atoms with Crippen LogP contribution in [-0.2, 0) is 0 Å². The van der Waals surface area contributed by atoms with Gasteiger partial charge in [-0.05, 0) is 49.2 Å². The number of carbonyl (C=O) groups excluding carboxylic acids is 1. The van der Waals surface area contributed by atoms with Crippen LogP contribution in [0.3, 0.4) is 0 Å². The zero-order valence-electron chi connectivity index (χ0n) is 17.3. The Kier molecular flexibility index (Phi) is 6.04. The first-order valence-corrected chi connectivity index (χ1v) is 10.7. The molecule has 1 saturated heterocycles. The van der Waals surface area contributed by atoms with Crippen LogP contribution in [0.5, 0.6) is 0 Å². The molecule has 6 nitrogen and oxygen atoms in total. The number of aromatic nitrogens is 1. The van der Waals surface area contributed by atoms with Crippen LogP contribution in [0.1, 0.15) is 31.9 Å². The van der Waals surface area contributed by atoms with E-state index in [1.165, 1.54) is 0 Å². The van der Waals surface area contributed by atoms with Gasteiger partial charge >= 0.3 is 6.03 Å². The molecule has 30 heavy (non-hydrogen) atoms. The number of hydrogen-bond donors (Lipinski definition) is 1. The van der Waals surface area contributed by atoms with Crippen molar-refractivity contribution in [3.63, 3.8) is 0 Å². The second-order valence-corrected chi connectivity index (χ2v) is 8.03. The first-order valence-electron chi connectivity index (χ1n) is 10.3. The summed E-state index contributed by atoms with van der Waals surface area (Å²) >= 11 is 6.28. The van der Waals surface area contributed by atoms with Crippen LogP contribution in [0.25, 0.3) is 0 Å². The van der Waals surface area contributed by atoms with Gasteiger partial charge in [-0.1, -0.05) is 36.7 Å². The Morgan fingerprint density at radius 2 is 2.03 bits per heavy atom. The molecule has 0 radical (unpaired) electrons. The number of halogens is 1. The first kappa shape index (κ1) is 20.4. The Bertz CT molecular complexity index is 972. The van der Waals surface area contributed by atoms with Crippen molar-refractivity contribution in [1.82, 2.24) is 9.88 Å². The predicted molar refractivity (Wildman–Crippen MR) is 123 cm³/mol. The molecule has 0 aliphatic carbocycles. The fourth-order valence-electron chi connectivity index (χ4n) is 3.88. The van der Waals surface area contributed by atoms with Crippen LogP contribution in [0.15, 0.2) is 59.7 Å². The van der Waals surface area contributed by atoms with Crippen molar-refractivity contribution in [2.75, 3.05) is 29.9 Å². The highest BCUT2D eigenvalue weighted by molar-refractivity contribution is 6.32. The fourth-order valence-corrected chi connectivity index (χ4v) is 4.12. The molecular formula is C23H26ClN5O. The third-order valence-electron chi connectivity index (χ3n) is 5.57. The molecule has 2 aliphatic heterocycles. The highest BCUT2D eigenvalue weighted by atomic mass is 35.5. The number of amides is 2. The molecule has 2 amide bonds. The average Bonchev–Trinajstić information content (AvgIpc) is 3.24. The maximum atomic E-state index is 12.8. The van der Waals surface area contributed by atoms with Crippen molar-refractivity contribution < 1.29 is 4.79 Å². The molecule has 156 valence electrons. The number of pyridine rings is 1. The standard InChI is InChI=1S/C23H26ClN5O/c1-3-18-10-11-21(26-18)17-6-8-19(9-7-17)27-23(30)29-14-13-28(15-16(29)2)22-20(24)5-4-12-25-22/h4-12,16,21H,3,13-15H2,1-2H3,(H,27,30)/t16-,21?/m1/s1. The molecule has 1 aromatic carbocycles. The van der Waals surface area contributed by atoms with Crippen LogP contribution in [0.4, 0.5) is 16.3 Å². The Labute approximate surface area is 182 Å². The molecular weight excluding hydrogens is 398 g/mol. The molecule has 0 bridgehead atoms. The average molecular weight is 424 g/mol. The summed E-state index contributed by atoms with van der Waals surface area (Å²) in [5.74, 6) is 0.775. The van der Waals surface area contributed by atoms with Gasteiger partial charge in [0.25, 0.3) is 0 Å². The largest absolute Gasteiger partial charge is 0.352 e. The van der Waals surface area contributed by atoms with Gasteiger partial charge in [0, 0.05) is 43.3 Å². The number of piperazine rings is 1. The number of aliphatic imine (C=N–C) groups is 1. The van der Waals surface area contributed by atoms with E-state index in [1.807, 2.05) is 48.2 Å². The van der Waals surface area contributed by atoms with Crippen molar-refractivity contribution >= 4 is 34.8 Å². The van der Waals surface area contributed by atoms with E-state index in [0.717, 1.165) is 29.2 Å². The Balaban J connectivity index is 1.36. The fraction of sp³-hybridized carbons (Fsp3) is 0.348. The quantitative estimate of drug-likeness (QED) is 0.757. The third-order valence-corrected chi connectivity index (χ3v) is 5.86. The molecule has 1 fully saturated rings. The second-order valence-electron chi connectivity index (χ2n) is 7.63. The highest BCUT2D eigenvalue weighted by Gasteiger charge is 2.29. The van der Waals surface area contributed by atoms with Crippen LogP contribution in [0, 0.1) is 0 Å². The normalized spacial score (nSPS) is 21.0. The number of carbonyl (C=O) groups is 1. The lowest BCUT2D eigenvalue weighted by molar-refractivity contribution is 0.184.